The molecule has 1 spiro atoms. The van der Waals surface area contributed by atoms with Crippen LogP contribution in [0.1, 0.15) is 97.3 Å². The van der Waals surface area contributed by atoms with Crippen LogP contribution in [0.5, 0.6) is 0 Å². The Hall–Kier alpha value is -1.49. The Morgan fingerprint density at radius 1 is 0.673 bits per heavy atom. The number of hydrogen-bond donors (Lipinski definition) is 2. The second kappa shape index (κ2) is 14.7. The number of aliphatic hydroxyl groups is 2. The van der Waals surface area contributed by atoms with E-state index in [-0.39, 0.29) is 98.0 Å². The molecule has 11 aliphatic heterocycles. The Morgan fingerprint density at radius 2 is 1.42 bits per heavy atom. The van der Waals surface area contributed by atoms with Crippen LogP contribution in [-0.2, 0) is 52.2 Å². The van der Waals surface area contributed by atoms with Crippen molar-refractivity contribution in [3.63, 3.8) is 0 Å². The van der Waals surface area contributed by atoms with E-state index >= 15 is 0 Å². The fraction of sp³-hybridized carbons (Fsp3) is 0.881. The van der Waals surface area contributed by atoms with E-state index in [9.17, 15) is 15.0 Å². The van der Waals surface area contributed by atoms with Gasteiger partial charge in [-0.25, -0.2) is 0 Å². The monoisotopic (exact) mass is 772 g/mol. The molecular weight excluding hydrogens is 712 g/mol. The molecular formula is C42H60O13. The fourth-order valence-electron chi connectivity index (χ4n) is 11.9. The summed E-state index contributed by atoms with van der Waals surface area (Å²) in [6, 6.07) is 0. The highest BCUT2D eigenvalue weighted by atomic mass is 16.8. The van der Waals surface area contributed by atoms with Gasteiger partial charge in [-0.3, -0.25) is 4.79 Å². The molecule has 0 aromatic heterocycles. The van der Waals surface area contributed by atoms with Gasteiger partial charge in [-0.1, -0.05) is 27.0 Å². The zero-order valence-corrected chi connectivity index (χ0v) is 32.2. The maximum atomic E-state index is 14.0. The molecule has 55 heavy (non-hydrogen) atoms. The third-order valence-corrected chi connectivity index (χ3v) is 14.8. The maximum absolute atomic E-state index is 14.0. The number of aliphatic hydroxyl groups excluding tert-OH is 2. The molecule has 11 saturated heterocycles. The van der Waals surface area contributed by atoms with E-state index in [0.29, 0.717) is 38.5 Å². The third kappa shape index (κ3) is 6.79. The number of esters is 1. The maximum Gasteiger partial charge on any atom is 0.308 e. The number of carbonyl (C=O) groups excluding carboxylic acids is 1. The largest absolute Gasteiger partial charge is 0.459 e. The summed E-state index contributed by atoms with van der Waals surface area (Å²) in [5, 5.41) is 20.6. The van der Waals surface area contributed by atoms with Crippen LogP contribution < -0.4 is 0 Å². The van der Waals surface area contributed by atoms with Crippen molar-refractivity contribution < 1.29 is 62.4 Å². The van der Waals surface area contributed by atoms with Gasteiger partial charge in [-0.15, -0.1) is 0 Å². The molecule has 11 aliphatic rings. The minimum absolute atomic E-state index is 0.00281. The highest BCUT2D eigenvalue weighted by Gasteiger charge is 2.69. The van der Waals surface area contributed by atoms with Crippen molar-refractivity contribution in [3.05, 3.63) is 24.3 Å². The van der Waals surface area contributed by atoms with Crippen LogP contribution in [-0.4, -0.2) is 138 Å². The van der Waals surface area contributed by atoms with Crippen molar-refractivity contribution in [2.75, 3.05) is 6.61 Å². The van der Waals surface area contributed by atoms with E-state index in [1.165, 1.54) is 0 Å². The average molecular weight is 773 g/mol. The van der Waals surface area contributed by atoms with Crippen LogP contribution in [0.15, 0.2) is 24.3 Å². The van der Waals surface area contributed by atoms with Crippen LogP contribution in [0.3, 0.4) is 0 Å². The van der Waals surface area contributed by atoms with E-state index in [1.807, 2.05) is 6.92 Å². The van der Waals surface area contributed by atoms with Gasteiger partial charge in [-0.05, 0) is 68.4 Å². The topological polar surface area (TPSA) is 150 Å². The zero-order chi connectivity index (χ0) is 37.7. The lowest BCUT2D eigenvalue weighted by Crippen LogP contribution is -2.62. The van der Waals surface area contributed by atoms with E-state index in [4.69, 9.17) is 47.4 Å². The second-order valence-corrected chi connectivity index (χ2v) is 18.5. The Morgan fingerprint density at radius 3 is 2.27 bits per heavy atom. The van der Waals surface area contributed by atoms with Crippen LogP contribution in [0.2, 0.25) is 0 Å². The van der Waals surface area contributed by atoms with Gasteiger partial charge in [0, 0.05) is 38.2 Å². The van der Waals surface area contributed by atoms with Crippen LogP contribution in [0.25, 0.3) is 0 Å². The molecule has 0 radical (unpaired) electrons. The van der Waals surface area contributed by atoms with E-state index < -0.39 is 48.5 Å². The van der Waals surface area contributed by atoms with E-state index in [1.54, 1.807) is 0 Å². The van der Waals surface area contributed by atoms with Crippen molar-refractivity contribution in [1.82, 2.24) is 0 Å². The molecule has 0 amide bonds. The molecule has 13 heteroatoms. The standard InChI is InChI=1S/C42H60O13/c1-19-13-23-5-7-27-20(2)14-25(46-27)9-11-42-18-33-38(54-42)39-40(52-33)41(55-42)37-29(51-39)8-6-24(48-37)15-34(45)53-36-22(4)35-31(16-26(44)28(50-35)10-12-43)49-32(36)17-30(47-23)21(19)3/h19,22-33,35-41,43-44H,2-3,5-18H2,1,4H3/t19-,22+,23+,24?,25?,26-,27+,28?,29+,30-,31?,32+,33?,35?,36-,37+,38+,39+,40-,41+,42+/m1/s1. The molecule has 11 rings (SSSR count). The van der Waals surface area contributed by atoms with Crippen molar-refractivity contribution >= 4 is 5.97 Å². The van der Waals surface area contributed by atoms with Gasteiger partial charge in [0.1, 0.15) is 36.6 Å². The van der Waals surface area contributed by atoms with E-state index in [2.05, 4.69) is 20.1 Å². The average Bonchev–Trinajstić information content (AvgIpc) is 3.74. The number of fused-ring (bicyclic) bond motifs is 7. The quantitative estimate of drug-likeness (QED) is 0.312. The van der Waals surface area contributed by atoms with Crippen LogP contribution >= 0.6 is 0 Å². The summed E-state index contributed by atoms with van der Waals surface area (Å²) < 4.78 is 66.9. The summed E-state index contributed by atoms with van der Waals surface area (Å²) in [6.45, 7) is 13.1. The van der Waals surface area contributed by atoms with Crippen molar-refractivity contribution in [3.8, 4) is 0 Å². The first-order valence-corrected chi connectivity index (χ1v) is 21.3. The molecule has 21 atom stereocenters. The van der Waals surface area contributed by atoms with Crippen LogP contribution in [0, 0.1) is 11.8 Å². The first-order chi connectivity index (χ1) is 26.5. The smallest absolute Gasteiger partial charge is 0.308 e. The van der Waals surface area contributed by atoms with Crippen molar-refractivity contribution in [2.24, 2.45) is 11.8 Å². The van der Waals surface area contributed by atoms with Crippen LogP contribution in [0.4, 0.5) is 0 Å². The Bertz CT molecular complexity index is 1490. The van der Waals surface area contributed by atoms with E-state index in [0.717, 1.165) is 49.7 Å². The first kappa shape index (κ1) is 37.8. The van der Waals surface area contributed by atoms with Crippen molar-refractivity contribution in [2.45, 2.75) is 213 Å². The Kier molecular flexibility index (Phi) is 10.1. The molecule has 6 unspecified atom stereocenters. The van der Waals surface area contributed by atoms with Gasteiger partial charge < -0.3 is 57.6 Å². The molecule has 0 aromatic carbocycles. The summed E-state index contributed by atoms with van der Waals surface area (Å²) in [5.41, 5.74) is 2.14. The van der Waals surface area contributed by atoms with Gasteiger partial charge in [0.2, 0.25) is 0 Å². The molecule has 0 aromatic rings. The number of rotatable bonds is 2. The predicted octanol–water partition coefficient (Wildman–Crippen LogP) is 3.59. The number of carbonyl (C=O) groups is 1. The molecule has 11 heterocycles. The van der Waals surface area contributed by atoms with Gasteiger partial charge in [0.05, 0.1) is 79.7 Å². The summed E-state index contributed by atoms with van der Waals surface area (Å²) in [6.07, 6.45) is 2.38. The Balaban J connectivity index is 0.934. The lowest BCUT2D eigenvalue weighted by Gasteiger charge is -2.51. The molecule has 13 nitrogen and oxygen atoms in total. The minimum Gasteiger partial charge on any atom is -0.459 e. The van der Waals surface area contributed by atoms with Gasteiger partial charge in [-0.2, -0.15) is 0 Å². The number of ether oxygens (including phenoxy) is 10. The third-order valence-electron chi connectivity index (χ3n) is 14.8. The van der Waals surface area contributed by atoms with Gasteiger partial charge >= 0.3 is 5.97 Å². The lowest BCUT2D eigenvalue weighted by molar-refractivity contribution is -0.293. The normalized spacial score (nSPS) is 54.9. The predicted molar refractivity (Wildman–Crippen MR) is 193 cm³/mol. The molecule has 11 fully saturated rings. The molecule has 12 bridgehead atoms. The summed E-state index contributed by atoms with van der Waals surface area (Å²) in [4.78, 5) is 14.0. The van der Waals surface area contributed by atoms with Gasteiger partial charge in [0.25, 0.3) is 0 Å². The summed E-state index contributed by atoms with van der Waals surface area (Å²) >= 11 is 0. The SMILES string of the molecule is C=C1CC2CC[C@@]34CC5O[C@H]6[C@@H](O3)[C@H]3OC(CC[C@@H]3O[C@H]6[C@H]5O4)CC(=O)O[C@H]3[C@H](C[C@H]4O[C@@H](CC[C@@H]1O2)C[C@@H](C)C4=C)OC1C[C@@H](O)C(CCO)OC1[C@@H]3C. The molecule has 306 valence electrons. The summed E-state index contributed by atoms with van der Waals surface area (Å²) in [7, 11) is 0. The van der Waals surface area contributed by atoms with Gasteiger partial charge in [0.15, 0.2) is 5.79 Å². The van der Waals surface area contributed by atoms with Crippen molar-refractivity contribution in [1.29, 1.82) is 0 Å². The highest BCUT2D eigenvalue weighted by molar-refractivity contribution is 5.70. The lowest BCUT2D eigenvalue weighted by atomic mass is 9.79. The molecule has 0 aliphatic carbocycles. The highest BCUT2D eigenvalue weighted by Crippen LogP contribution is 2.54. The molecule has 2 N–H and O–H groups in total. The fourth-order valence-corrected chi connectivity index (χ4v) is 11.9. The molecule has 0 saturated carbocycles. The zero-order valence-electron chi connectivity index (χ0n) is 32.2. The number of hydrogen-bond acceptors (Lipinski definition) is 13. The summed E-state index contributed by atoms with van der Waals surface area (Å²) in [5.74, 6) is -1.18. The first-order valence-electron chi connectivity index (χ1n) is 21.3. The second-order valence-electron chi connectivity index (χ2n) is 18.5. The minimum atomic E-state index is -0.808. The Labute approximate surface area is 323 Å².